The van der Waals surface area contributed by atoms with E-state index < -0.39 is 5.91 Å². The summed E-state index contributed by atoms with van der Waals surface area (Å²) < 4.78 is 11.2. The summed E-state index contributed by atoms with van der Waals surface area (Å²) in [6.45, 7) is 1.81. The molecule has 7 nitrogen and oxygen atoms in total. The molecule has 7 heteroatoms. The summed E-state index contributed by atoms with van der Waals surface area (Å²) in [6.07, 6.45) is 0. The van der Waals surface area contributed by atoms with E-state index in [0.29, 0.717) is 23.3 Å². The zero-order chi connectivity index (χ0) is 24.1. The number of nitrogens with one attached hydrogen (secondary N) is 2. The van der Waals surface area contributed by atoms with Gasteiger partial charge in [0.2, 0.25) is 5.91 Å². The molecule has 1 heterocycles. The molecule has 3 aromatic carbocycles. The van der Waals surface area contributed by atoms with E-state index in [1.807, 2.05) is 54.6 Å². The van der Waals surface area contributed by atoms with Gasteiger partial charge in [-0.05, 0) is 36.8 Å². The minimum atomic E-state index is -0.504. The SMILES string of the molecule is COc1ccc(CNC(=O)CNC(=O)c2cccc3c(=O)c(C)c(-c4ccccc4)oc23)cc1. The summed E-state index contributed by atoms with van der Waals surface area (Å²) >= 11 is 0. The Morgan fingerprint density at radius 3 is 2.35 bits per heavy atom. The highest BCUT2D eigenvalue weighted by atomic mass is 16.5. The van der Waals surface area contributed by atoms with Crippen LogP contribution in [0, 0.1) is 6.92 Å². The van der Waals surface area contributed by atoms with Crippen molar-refractivity contribution < 1.29 is 18.7 Å². The lowest BCUT2D eigenvalue weighted by atomic mass is 10.0. The van der Waals surface area contributed by atoms with Crippen molar-refractivity contribution in [2.24, 2.45) is 0 Å². The van der Waals surface area contributed by atoms with E-state index in [-0.39, 0.29) is 29.0 Å². The molecule has 4 aromatic rings. The van der Waals surface area contributed by atoms with Crippen LogP contribution in [0.25, 0.3) is 22.3 Å². The summed E-state index contributed by atoms with van der Waals surface area (Å²) in [5, 5.41) is 5.68. The van der Waals surface area contributed by atoms with Crippen LogP contribution in [-0.4, -0.2) is 25.5 Å². The van der Waals surface area contributed by atoms with Crippen LogP contribution >= 0.6 is 0 Å². The first kappa shape index (κ1) is 22.8. The molecule has 0 aliphatic carbocycles. The number of para-hydroxylation sites is 1. The van der Waals surface area contributed by atoms with Crippen LogP contribution in [0.1, 0.15) is 21.5 Å². The van der Waals surface area contributed by atoms with Crippen molar-refractivity contribution in [1.82, 2.24) is 10.6 Å². The molecule has 0 fully saturated rings. The second-order valence-corrected chi connectivity index (χ2v) is 7.74. The van der Waals surface area contributed by atoms with Gasteiger partial charge in [-0.25, -0.2) is 0 Å². The number of rotatable bonds is 7. The molecule has 0 aliphatic rings. The summed E-state index contributed by atoms with van der Waals surface area (Å²) in [4.78, 5) is 38.1. The van der Waals surface area contributed by atoms with Crippen LogP contribution in [0.4, 0.5) is 0 Å². The van der Waals surface area contributed by atoms with Gasteiger partial charge in [-0.15, -0.1) is 0 Å². The molecule has 2 amide bonds. The summed E-state index contributed by atoms with van der Waals surface area (Å²) in [7, 11) is 1.59. The first-order valence-corrected chi connectivity index (χ1v) is 10.8. The number of ether oxygens (including phenoxy) is 1. The van der Waals surface area contributed by atoms with E-state index in [9.17, 15) is 14.4 Å². The fraction of sp³-hybridized carbons (Fsp3) is 0.148. The minimum Gasteiger partial charge on any atom is -0.497 e. The van der Waals surface area contributed by atoms with Gasteiger partial charge in [-0.3, -0.25) is 14.4 Å². The molecule has 0 spiro atoms. The molecule has 2 N–H and O–H groups in total. The van der Waals surface area contributed by atoms with Crippen molar-refractivity contribution in [3.05, 3.63) is 99.7 Å². The Hall–Kier alpha value is -4.39. The molecule has 0 aliphatic heterocycles. The highest BCUT2D eigenvalue weighted by Crippen LogP contribution is 2.27. The number of methoxy groups -OCH3 is 1. The fourth-order valence-electron chi connectivity index (χ4n) is 3.62. The van der Waals surface area contributed by atoms with Crippen molar-refractivity contribution >= 4 is 22.8 Å². The molecule has 34 heavy (non-hydrogen) atoms. The number of hydrogen-bond acceptors (Lipinski definition) is 5. The zero-order valence-corrected chi connectivity index (χ0v) is 18.9. The normalized spacial score (nSPS) is 10.6. The van der Waals surface area contributed by atoms with Gasteiger partial charge in [0.1, 0.15) is 11.5 Å². The van der Waals surface area contributed by atoms with Gasteiger partial charge in [0.15, 0.2) is 11.0 Å². The number of hydrogen-bond donors (Lipinski definition) is 2. The van der Waals surface area contributed by atoms with Gasteiger partial charge in [-0.2, -0.15) is 0 Å². The molecule has 4 rings (SSSR count). The van der Waals surface area contributed by atoms with Crippen LogP contribution < -0.4 is 20.8 Å². The third kappa shape index (κ3) is 4.83. The molecule has 0 radical (unpaired) electrons. The van der Waals surface area contributed by atoms with Gasteiger partial charge in [0.05, 0.1) is 24.6 Å². The van der Waals surface area contributed by atoms with Crippen LogP contribution in [0.15, 0.2) is 82.0 Å². The number of carbonyl (C=O) groups excluding carboxylic acids is 2. The van der Waals surface area contributed by atoms with Gasteiger partial charge >= 0.3 is 0 Å². The number of fused-ring (bicyclic) bond motifs is 1. The number of benzene rings is 3. The Labute approximate surface area is 196 Å². The van der Waals surface area contributed by atoms with E-state index in [0.717, 1.165) is 16.9 Å². The first-order valence-electron chi connectivity index (χ1n) is 10.8. The minimum absolute atomic E-state index is 0.188. The van der Waals surface area contributed by atoms with E-state index >= 15 is 0 Å². The predicted octanol–water partition coefficient (Wildman–Crippen LogP) is 3.82. The predicted molar refractivity (Wildman–Crippen MR) is 130 cm³/mol. The Balaban J connectivity index is 1.50. The highest BCUT2D eigenvalue weighted by Gasteiger charge is 2.18. The van der Waals surface area contributed by atoms with Crippen LogP contribution in [0.2, 0.25) is 0 Å². The van der Waals surface area contributed by atoms with Crippen molar-refractivity contribution in [1.29, 1.82) is 0 Å². The van der Waals surface area contributed by atoms with E-state index in [1.54, 1.807) is 32.2 Å². The standard InChI is InChI=1S/C27H24N2O5/c1-17-24(31)21-9-6-10-22(26(21)34-25(17)19-7-4-3-5-8-19)27(32)29-16-23(30)28-15-18-11-13-20(33-2)14-12-18/h3-14H,15-16H2,1-2H3,(H,28,30)(H,29,32). The quantitative estimate of drug-likeness (QED) is 0.441. The van der Waals surface area contributed by atoms with Crippen molar-refractivity contribution in [3.63, 3.8) is 0 Å². The van der Waals surface area contributed by atoms with E-state index in [1.165, 1.54) is 0 Å². The molecule has 0 saturated carbocycles. The Morgan fingerprint density at radius 2 is 1.65 bits per heavy atom. The molecule has 0 atom stereocenters. The molecule has 0 unspecified atom stereocenters. The largest absolute Gasteiger partial charge is 0.497 e. The third-order valence-electron chi connectivity index (χ3n) is 5.48. The average Bonchev–Trinajstić information content (AvgIpc) is 2.88. The smallest absolute Gasteiger partial charge is 0.255 e. The average molecular weight is 456 g/mol. The molecule has 0 saturated heterocycles. The number of carbonyl (C=O) groups is 2. The van der Waals surface area contributed by atoms with Crippen LogP contribution in [-0.2, 0) is 11.3 Å². The lowest BCUT2D eigenvalue weighted by Crippen LogP contribution is -2.36. The summed E-state index contributed by atoms with van der Waals surface area (Å²) in [6, 6.07) is 21.4. The van der Waals surface area contributed by atoms with Crippen molar-refractivity contribution in [3.8, 4) is 17.1 Å². The van der Waals surface area contributed by atoms with Crippen molar-refractivity contribution in [2.45, 2.75) is 13.5 Å². The maximum absolute atomic E-state index is 13.0. The topological polar surface area (TPSA) is 97.6 Å². The van der Waals surface area contributed by atoms with Gasteiger partial charge < -0.3 is 19.8 Å². The van der Waals surface area contributed by atoms with Gasteiger partial charge in [-0.1, -0.05) is 48.5 Å². The Morgan fingerprint density at radius 1 is 0.912 bits per heavy atom. The maximum atomic E-state index is 13.0. The maximum Gasteiger partial charge on any atom is 0.255 e. The Bertz CT molecular complexity index is 1390. The third-order valence-corrected chi connectivity index (χ3v) is 5.48. The first-order chi connectivity index (χ1) is 16.5. The molecule has 1 aromatic heterocycles. The molecular formula is C27H24N2O5. The Kier molecular flexibility index (Phi) is 6.73. The second-order valence-electron chi connectivity index (χ2n) is 7.74. The zero-order valence-electron chi connectivity index (χ0n) is 18.9. The van der Waals surface area contributed by atoms with Gasteiger partial charge in [0.25, 0.3) is 5.91 Å². The molecule has 0 bridgehead atoms. The van der Waals surface area contributed by atoms with Crippen LogP contribution in [0.5, 0.6) is 5.75 Å². The highest BCUT2D eigenvalue weighted by molar-refractivity contribution is 6.06. The van der Waals surface area contributed by atoms with Crippen LogP contribution in [0.3, 0.4) is 0 Å². The molecular weight excluding hydrogens is 432 g/mol. The molecule has 172 valence electrons. The number of amides is 2. The monoisotopic (exact) mass is 456 g/mol. The van der Waals surface area contributed by atoms with Crippen molar-refractivity contribution in [2.75, 3.05) is 13.7 Å². The van der Waals surface area contributed by atoms with Gasteiger partial charge in [0, 0.05) is 17.7 Å². The van der Waals surface area contributed by atoms with E-state index in [4.69, 9.17) is 9.15 Å². The summed E-state index contributed by atoms with van der Waals surface area (Å²) in [5.41, 5.74) is 2.29. The summed E-state index contributed by atoms with van der Waals surface area (Å²) in [5.74, 6) is 0.299. The van der Waals surface area contributed by atoms with E-state index in [2.05, 4.69) is 10.6 Å². The lowest BCUT2D eigenvalue weighted by Gasteiger charge is -2.11. The lowest BCUT2D eigenvalue weighted by molar-refractivity contribution is -0.120. The fourth-order valence-corrected chi connectivity index (χ4v) is 3.62. The second kappa shape index (κ2) is 10.0.